The fourth-order valence-corrected chi connectivity index (χ4v) is 3.02. The Morgan fingerprint density at radius 1 is 1.53 bits per heavy atom. The van der Waals surface area contributed by atoms with Crippen LogP contribution in [0, 0.1) is 0 Å². The Kier molecular flexibility index (Phi) is 3.37. The van der Waals surface area contributed by atoms with E-state index < -0.39 is 10.0 Å². The summed E-state index contributed by atoms with van der Waals surface area (Å²) in [6.07, 6.45) is 0.755. The summed E-state index contributed by atoms with van der Waals surface area (Å²) in [7, 11) is -3.48. The summed E-state index contributed by atoms with van der Waals surface area (Å²) in [5.41, 5.74) is 6.34. The fraction of sp³-hybridized carbons (Fsp3) is 0.455. The molecule has 1 aliphatic heterocycles. The molecule has 5 nitrogen and oxygen atoms in total. The molecule has 17 heavy (non-hydrogen) atoms. The van der Waals surface area contributed by atoms with Gasteiger partial charge in [-0.25, -0.2) is 13.1 Å². The van der Waals surface area contributed by atoms with Gasteiger partial charge in [0.15, 0.2) is 0 Å². The van der Waals surface area contributed by atoms with Gasteiger partial charge in [0.25, 0.3) is 0 Å². The molecule has 6 heteroatoms. The number of nitrogens with one attached hydrogen (secondary N) is 1. The summed E-state index contributed by atoms with van der Waals surface area (Å²) in [6, 6.07) is 4.64. The Morgan fingerprint density at radius 2 is 2.29 bits per heavy atom. The van der Waals surface area contributed by atoms with Gasteiger partial charge in [-0.1, -0.05) is 0 Å². The maximum Gasteiger partial charge on any atom is 0.240 e. The van der Waals surface area contributed by atoms with Crippen LogP contribution in [0.3, 0.4) is 0 Å². The van der Waals surface area contributed by atoms with E-state index in [4.69, 9.17) is 10.5 Å². The highest BCUT2D eigenvalue weighted by atomic mass is 32.2. The number of benzene rings is 1. The molecular formula is C11H16N2O3S. The summed E-state index contributed by atoms with van der Waals surface area (Å²) < 4.78 is 31.8. The SMILES string of the molecule is C[C@@H](CN)NS(=O)(=O)c1ccc2c(c1)CCO2. The first-order chi connectivity index (χ1) is 8.03. The molecule has 2 rings (SSSR count). The lowest BCUT2D eigenvalue weighted by Crippen LogP contribution is -2.37. The zero-order chi connectivity index (χ0) is 12.5. The Bertz CT molecular complexity index is 513. The lowest BCUT2D eigenvalue weighted by Gasteiger charge is -2.12. The highest BCUT2D eigenvalue weighted by molar-refractivity contribution is 7.89. The van der Waals surface area contributed by atoms with Gasteiger partial charge in [-0.2, -0.15) is 0 Å². The number of fused-ring (bicyclic) bond motifs is 1. The van der Waals surface area contributed by atoms with E-state index in [1.165, 1.54) is 0 Å². The molecule has 1 aromatic carbocycles. The van der Waals surface area contributed by atoms with Gasteiger partial charge >= 0.3 is 0 Å². The topological polar surface area (TPSA) is 81.4 Å². The predicted molar refractivity (Wildman–Crippen MR) is 64.5 cm³/mol. The number of rotatable bonds is 4. The van der Waals surface area contributed by atoms with E-state index in [1.54, 1.807) is 25.1 Å². The third-order valence-corrected chi connectivity index (χ3v) is 4.27. The molecule has 0 saturated heterocycles. The van der Waals surface area contributed by atoms with Crippen LogP contribution >= 0.6 is 0 Å². The van der Waals surface area contributed by atoms with Crippen molar-refractivity contribution in [1.29, 1.82) is 0 Å². The van der Waals surface area contributed by atoms with Gasteiger partial charge in [0.1, 0.15) is 5.75 Å². The summed E-state index contributed by atoms with van der Waals surface area (Å²) in [5, 5.41) is 0. The van der Waals surface area contributed by atoms with Crippen LogP contribution in [-0.4, -0.2) is 27.6 Å². The molecule has 1 atom stereocenters. The van der Waals surface area contributed by atoms with Crippen LogP contribution in [-0.2, 0) is 16.4 Å². The molecule has 1 aliphatic rings. The van der Waals surface area contributed by atoms with E-state index in [2.05, 4.69) is 4.72 Å². The largest absolute Gasteiger partial charge is 0.493 e. The van der Waals surface area contributed by atoms with Crippen LogP contribution in [0.25, 0.3) is 0 Å². The fourth-order valence-electron chi connectivity index (χ4n) is 1.71. The summed E-state index contributed by atoms with van der Waals surface area (Å²) in [6.45, 7) is 2.62. The Morgan fingerprint density at radius 3 is 3.00 bits per heavy atom. The summed E-state index contributed by atoms with van der Waals surface area (Å²) >= 11 is 0. The van der Waals surface area contributed by atoms with E-state index in [1.807, 2.05) is 0 Å². The lowest BCUT2D eigenvalue weighted by atomic mass is 10.2. The van der Waals surface area contributed by atoms with Crippen molar-refractivity contribution in [2.75, 3.05) is 13.2 Å². The highest BCUT2D eigenvalue weighted by Crippen LogP contribution is 2.27. The predicted octanol–water partition coefficient (Wildman–Crippen LogP) is 0.247. The number of sulfonamides is 1. The van der Waals surface area contributed by atoms with Crippen LogP contribution in [0.1, 0.15) is 12.5 Å². The molecule has 3 N–H and O–H groups in total. The van der Waals surface area contributed by atoms with Crippen LogP contribution in [0.2, 0.25) is 0 Å². The molecule has 0 radical (unpaired) electrons. The normalized spacial score (nSPS) is 16.4. The van der Waals surface area contributed by atoms with Gasteiger partial charge in [0, 0.05) is 19.0 Å². The summed E-state index contributed by atoms with van der Waals surface area (Å²) in [5.74, 6) is 0.774. The zero-order valence-corrected chi connectivity index (χ0v) is 10.5. The Hall–Kier alpha value is -1.11. The molecule has 94 valence electrons. The zero-order valence-electron chi connectivity index (χ0n) is 9.64. The lowest BCUT2D eigenvalue weighted by molar-refractivity contribution is 0.356. The minimum Gasteiger partial charge on any atom is -0.493 e. The first-order valence-corrected chi connectivity index (χ1v) is 6.99. The second-order valence-corrected chi connectivity index (χ2v) is 5.84. The van der Waals surface area contributed by atoms with Crippen molar-refractivity contribution in [2.24, 2.45) is 5.73 Å². The van der Waals surface area contributed by atoms with E-state index in [0.717, 1.165) is 17.7 Å². The smallest absolute Gasteiger partial charge is 0.240 e. The highest BCUT2D eigenvalue weighted by Gasteiger charge is 2.20. The van der Waals surface area contributed by atoms with Crippen molar-refractivity contribution in [3.63, 3.8) is 0 Å². The Labute approximate surface area is 101 Å². The van der Waals surface area contributed by atoms with Crippen molar-refractivity contribution in [3.8, 4) is 5.75 Å². The maximum absolute atomic E-state index is 12.0. The maximum atomic E-state index is 12.0. The van der Waals surface area contributed by atoms with E-state index in [-0.39, 0.29) is 17.5 Å². The molecule has 0 bridgehead atoms. The molecule has 0 saturated carbocycles. The van der Waals surface area contributed by atoms with Gasteiger partial charge in [-0.15, -0.1) is 0 Å². The van der Waals surface area contributed by atoms with Crippen LogP contribution < -0.4 is 15.2 Å². The van der Waals surface area contributed by atoms with Crippen molar-refractivity contribution in [1.82, 2.24) is 4.72 Å². The second kappa shape index (κ2) is 4.64. The average Bonchev–Trinajstić information content (AvgIpc) is 2.75. The number of ether oxygens (including phenoxy) is 1. The minimum absolute atomic E-state index is 0.266. The molecular weight excluding hydrogens is 240 g/mol. The number of hydrogen-bond acceptors (Lipinski definition) is 4. The number of hydrogen-bond donors (Lipinski definition) is 2. The first-order valence-electron chi connectivity index (χ1n) is 5.51. The molecule has 1 aromatic rings. The van der Waals surface area contributed by atoms with Gasteiger partial charge in [0.2, 0.25) is 10.0 Å². The second-order valence-electron chi connectivity index (χ2n) is 4.13. The minimum atomic E-state index is -3.48. The molecule has 0 unspecified atom stereocenters. The standard InChI is InChI=1S/C11H16N2O3S/c1-8(7-12)13-17(14,15)10-2-3-11-9(6-10)4-5-16-11/h2-3,6,8,13H,4-5,7,12H2,1H3/t8-/m0/s1. The molecule has 1 heterocycles. The van der Waals surface area contributed by atoms with Crippen LogP contribution in [0.5, 0.6) is 5.75 Å². The van der Waals surface area contributed by atoms with Gasteiger partial charge in [-0.3, -0.25) is 0 Å². The van der Waals surface area contributed by atoms with Crippen LogP contribution in [0.4, 0.5) is 0 Å². The van der Waals surface area contributed by atoms with Gasteiger partial charge < -0.3 is 10.5 Å². The van der Waals surface area contributed by atoms with E-state index in [0.29, 0.717) is 6.61 Å². The molecule has 0 aromatic heterocycles. The molecule has 0 fully saturated rings. The van der Waals surface area contributed by atoms with Crippen molar-refractivity contribution in [3.05, 3.63) is 23.8 Å². The molecule has 0 aliphatic carbocycles. The van der Waals surface area contributed by atoms with E-state index in [9.17, 15) is 8.42 Å². The average molecular weight is 256 g/mol. The van der Waals surface area contributed by atoms with E-state index >= 15 is 0 Å². The Balaban J connectivity index is 2.28. The van der Waals surface area contributed by atoms with Crippen molar-refractivity contribution < 1.29 is 13.2 Å². The summed E-state index contributed by atoms with van der Waals surface area (Å²) in [4.78, 5) is 0.266. The third-order valence-electron chi connectivity index (χ3n) is 2.68. The van der Waals surface area contributed by atoms with Gasteiger partial charge in [-0.05, 0) is 30.7 Å². The first kappa shape index (κ1) is 12.3. The van der Waals surface area contributed by atoms with Crippen molar-refractivity contribution in [2.45, 2.75) is 24.3 Å². The quantitative estimate of drug-likeness (QED) is 0.809. The molecule has 0 amide bonds. The molecule has 0 spiro atoms. The third kappa shape index (κ3) is 2.59. The van der Waals surface area contributed by atoms with Crippen LogP contribution in [0.15, 0.2) is 23.1 Å². The van der Waals surface area contributed by atoms with Gasteiger partial charge in [0.05, 0.1) is 11.5 Å². The monoisotopic (exact) mass is 256 g/mol. The van der Waals surface area contributed by atoms with Crippen molar-refractivity contribution >= 4 is 10.0 Å². The number of nitrogens with two attached hydrogens (primary N) is 1.